The zero-order valence-electron chi connectivity index (χ0n) is 15.7. The fourth-order valence-electron chi connectivity index (χ4n) is 3.21. The van der Waals surface area contributed by atoms with Gasteiger partial charge in [0.15, 0.2) is 0 Å². The molecule has 3 rings (SSSR count). The predicted molar refractivity (Wildman–Crippen MR) is 116 cm³/mol. The third kappa shape index (κ3) is 4.40. The van der Waals surface area contributed by atoms with Crippen LogP contribution in [0.4, 0.5) is 0 Å². The minimum atomic E-state index is 1.05. The topological polar surface area (TPSA) is 0 Å². The Morgan fingerprint density at radius 2 is 0.769 bits per heavy atom. The average molecular weight is 338 g/mol. The van der Waals surface area contributed by atoms with E-state index in [9.17, 15) is 0 Å². The van der Waals surface area contributed by atoms with Gasteiger partial charge in [0.2, 0.25) is 0 Å². The summed E-state index contributed by atoms with van der Waals surface area (Å²) in [7, 11) is 0. The van der Waals surface area contributed by atoms with Gasteiger partial charge in [0.05, 0.1) is 0 Å². The van der Waals surface area contributed by atoms with E-state index in [1.165, 1.54) is 33.4 Å². The molecule has 0 atom stereocenters. The summed E-state index contributed by atoms with van der Waals surface area (Å²) in [6.45, 7) is 4.41. The van der Waals surface area contributed by atoms with Gasteiger partial charge >= 0.3 is 0 Å². The summed E-state index contributed by atoms with van der Waals surface area (Å²) < 4.78 is 0. The van der Waals surface area contributed by atoms with E-state index in [4.69, 9.17) is 0 Å². The number of aryl methyl sites for hydroxylation is 2. The second-order valence-corrected chi connectivity index (χ2v) is 6.40. The third-order valence-corrected chi connectivity index (χ3v) is 4.75. The van der Waals surface area contributed by atoms with Gasteiger partial charge in [0, 0.05) is 0 Å². The number of benzene rings is 3. The number of hydrogen-bond acceptors (Lipinski definition) is 0. The molecule has 0 heteroatoms. The molecule has 26 heavy (non-hydrogen) atoms. The third-order valence-electron chi connectivity index (χ3n) is 4.75. The maximum atomic E-state index is 2.23. The van der Waals surface area contributed by atoms with Crippen molar-refractivity contribution in [2.75, 3.05) is 0 Å². The zero-order chi connectivity index (χ0) is 18.2. The van der Waals surface area contributed by atoms with Gasteiger partial charge < -0.3 is 0 Å². The molecule has 0 saturated heterocycles. The second kappa shape index (κ2) is 9.01. The molecule has 0 radical (unpaired) electrons. The lowest BCUT2D eigenvalue weighted by Gasteiger charge is -2.05. The van der Waals surface area contributed by atoms with Crippen LogP contribution >= 0.6 is 0 Å². The van der Waals surface area contributed by atoms with Crippen LogP contribution in [0.2, 0.25) is 0 Å². The van der Waals surface area contributed by atoms with Gasteiger partial charge in [-0.15, -0.1) is 0 Å². The summed E-state index contributed by atoms with van der Waals surface area (Å²) >= 11 is 0. The van der Waals surface area contributed by atoms with Crippen molar-refractivity contribution in [2.24, 2.45) is 0 Å². The molecular formula is C26H26. The molecule has 0 spiro atoms. The van der Waals surface area contributed by atoms with E-state index in [2.05, 4.69) is 111 Å². The van der Waals surface area contributed by atoms with Crippen molar-refractivity contribution in [1.82, 2.24) is 0 Å². The van der Waals surface area contributed by atoms with Crippen molar-refractivity contribution < 1.29 is 0 Å². The maximum Gasteiger partial charge on any atom is -0.0184 e. The van der Waals surface area contributed by atoms with Crippen LogP contribution in [0.3, 0.4) is 0 Å². The van der Waals surface area contributed by atoms with E-state index in [-0.39, 0.29) is 0 Å². The van der Waals surface area contributed by atoms with E-state index in [1.54, 1.807) is 0 Å². The molecule has 3 aromatic rings. The summed E-state index contributed by atoms with van der Waals surface area (Å²) in [4.78, 5) is 0. The second-order valence-electron chi connectivity index (χ2n) is 6.40. The summed E-state index contributed by atoms with van der Waals surface area (Å²) in [6.07, 6.45) is 11.0. The first kappa shape index (κ1) is 17.9. The summed E-state index contributed by atoms with van der Waals surface area (Å²) in [5, 5.41) is 0. The van der Waals surface area contributed by atoms with Crippen LogP contribution in [0.25, 0.3) is 24.3 Å². The molecule has 130 valence electrons. The zero-order valence-corrected chi connectivity index (χ0v) is 15.7. The van der Waals surface area contributed by atoms with E-state index >= 15 is 0 Å². The van der Waals surface area contributed by atoms with Crippen molar-refractivity contribution in [3.05, 3.63) is 106 Å². The molecular weight excluding hydrogens is 312 g/mol. The summed E-state index contributed by atoms with van der Waals surface area (Å²) in [5.74, 6) is 0. The molecule has 0 heterocycles. The van der Waals surface area contributed by atoms with Crippen molar-refractivity contribution >= 4 is 24.3 Å². The number of hydrogen-bond donors (Lipinski definition) is 0. The lowest BCUT2D eigenvalue weighted by molar-refractivity contribution is 1.13. The van der Waals surface area contributed by atoms with E-state index in [0.717, 1.165) is 12.8 Å². The van der Waals surface area contributed by atoms with Crippen LogP contribution in [0.1, 0.15) is 47.2 Å². The Morgan fingerprint density at radius 3 is 1.15 bits per heavy atom. The van der Waals surface area contributed by atoms with Crippen LogP contribution in [0.15, 0.2) is 72.8 Å². The Balaban J connectivity index is 1.89. The van der Waals surface area contributed by atoms with Crippen molar-refractivity contribution in [3.8, 4) is 0 Å². The highest BCUT2D eigenvalue weighted by Crippen LogP contribution is 2.19. The van der Waals surface area contributed by atoms with Crippen molar-refractivity contribution in [1.29, 1.82) is 0 Å². The molecule has 0 unspecified atom stereocenters. The molecule has 0 aromatic heterocycles. The van der Waals surface area contributed by atoms with Crippen LogP contribution in [-0.4, -0.2) is 0 Å². The highest BCUT2D eigenvalue weighted by molar-refractivity contribution is 5.80. The monoisotopic (exact) mass is 338 g/mol. The van der Waals surface area contributed by atoms with Crippen LogP contribution < -0.4 is 0 Å². The minimum Gasteiger partial charge on any atom is -0.0620 e. The first-order valence-corrected chi connectivity index (χ1v) is 9.42. The Morgan fingerprint density at radius 1 is 0.462 bits per heavy atom. The largest absolute Gasteiger partial charge is 0.0620 e. The van der Waals surface area contributed by atoms with Gasteiger partial charge in [-0.2, -0.15) is 0 Å². The van der Waals surface area contributed by atoms with Gasteiger partial charge in [-0.25, -0.2) is 0 Å². The standard InChI is InChI=1S/C26H26/c1-3-21-11-5-7-13-23(21)17-19-25-15-9-10-16-26(25)20-18-24-14-8-6-12-22(24)4-2/h5-20H,3-4H2,1-2H3. The van der Waals surface area contributed by atoms with E-state index < -0.39 is 0 Å². The lowest BCUT2D eigenvalue weighted by atomic mass is 10.0. The van der Waals surface area contributed by atoms with Gasteiger partial charge in [0.25, 0.3) is 0 Å². The molecule has 0 aliphatic carbocycles. The first-order valence-electron chi connectivity index (χ1n) is 9.42. The molecule has 0 aliphatic heterocycles. The van der Waals surface area contributed by atoms with E-state index in [1.807, 2.05) is 0 Å². The summed E-state index contributed by atoms with van der Waals surface area (Å²) in [6, 6.07) is 25.8. The maximum absolute atomic E-state index is 2.23. The van der Waals surface area contributed by atoms with Crippen molar-refractivity contribution in [3.63, 3.8) is 0 Å². The average Bonchev–Trinajstić information content (AvgIpc) is 2.71. The fraction of sp³-hybridized carbons (Fsp3) is 0.154. The van der Waals surface area contributed by atoms with Gasteiger partial charge in [-0.3, -0.25) is 0 Å². The number of rotatable bonds is 6. The smallest absolute Gasteiger partial charge is 0.0184 e. The highest BCUT2D eigenvalue weighted by atomic mass is 14.0. The van der Waals surface area contributed by atoms with Gasteiger partial charge in [-0.1, -0.05) is 111 Å². The van der Waals surface area contributed by atoms with Gasteiger partial charge in [0.1, 0.15) is 0 Å². The predicted octanol–water partition coefficient (Wildman–Crippen LogP) is 7.15. The highest BCUT2D eigenvalue weighted by Gasteiger charge is 1.99. The van der Waals surface area contributed by atoms with Crippen LogP contribution in [0, 0.1) is 0 Å². The Labute approximate surface area is 157 Å². The van der Waals surface area contributed by atoms with Crippen LogP contribution in [-0.2, 0) is 12.8 Å². The normalized spacial score (nSPS) is 11.5. The van der Waals surface area contributed by atoms with Crippen molar-refractivity contribution in [2.45, 2.75) is 26.7 Å². The van der Waals surface area contributed by atoms with E-state index in [0.29, 0.717) is 0 Å². The first-order chi connectivity index (χ1) is 12.8. The lowest BCUT2D eigenvalue weighted by Crippen LogP contribution is -1.86. The Kier molecular flexibility index (Phi) is 6.22. The minimum absolute atomic E-state index is 1.05. The molecule has 0 saturated carbocycles. The molecule has 3 aromatic carbocycles. The molecule has 0 N–H and O–H groups in total. The Bertz CT molecular complexity index is 836. The quantitative estimate of drug-likeness (QED) is 0.418. The SMILES string of the molecule is CCc1ccccc1C=Cc1ccccc1C=Cc1ccccc1CC. The Hall–Kier alpha value is -2.86. The summed E-state index contributed by atoms with van der Waals surface area (Å²) in [5.41, 5.74) is 7.84. The molecule has 0 amide bonds. The fourth-order valence-corrected chi connectivity index (χ4v) is 3.21. The molecule has 0 aliphatic rings. The molecule has 0 bridgehead atoms. The van der Waals surface area contributed by atoms with Crippen LogP contribution in [0.5, 0.6) is 0 Å². The molecule has 0 fully saturated rings. The van der Waals surface area contributed by atoms with Gasteiger partial charge in [-0.05, 0) is 46.2 Å². The molecule has 0 nitrogen and oxygen atoms in total.